The summed E-state index contributed by atoms with van der Waals surface area (Å²) in [4.78, 5) is 23.8. The van der Waals surface area contributed by atoms with Crippen LogP contribution in [0.1, 0.15) is 31.2 Å². The number of anilines is 1. The zero-order valence-electron chi connectivity index (χ0n) is 22.2. The summed E-state index contributed by atoms with van der Waals surface area (Å²) in [7, 11) is -3.94. The minimum Gasteiger partial charge on any atom is -0.396 e. The molecule has 3 heterocycles. The number of para-hydroxylation sites is 1. The Morgan fingerprint density at radius 3 is 2.46 bits per heavy atom. The molecule has 208 valence electrons. The molecule has 2 aromatic carbocycles. The van der Waals surface area contributed by atoms with Gasteiger partial charge in [0.05, 0.1) is 5.52 Å². The van der Waals surface area contributed by atoms with Gasteiger partial charge < -0.3 is 14.9 Å². The van der Waals surface area contributed by atoms with Crippen LogP contribution in [0.4, 0.5) is 5.82 Å². The van der Waals surface area contributed by atoms with Crippen molar-refractivity contribution < 1.29 is 18.3 Å². The fourth-order valence-corrected chi connectivity index (χ4v) is 6.83. The Morgan fingerprint density at radius 1 is 0.949 bits per heavy atom. The third kappa shape index (κ3) is 6.75. The van der Waals surface area contributed by atoms with Gasteiger partial charge in [0.2, 0.25) is 15.9 Å². The van der Waals surface area contributed by atoms with Crippen molar-refractivity contribution in [2.75, 3.05) is 50.8 Å². The van der Waals surface area contributed by atoms with Crippen molar-refractivity contribution in [2.45, 2.75) is 43.2 Å². The van der Waals surface area contributed by atoms with Crippen molar-refractivity contribution in [3.63, 3.8) is 0 Å². The van der Waals surface area contributed by atoms with Gasteiger partial charge >= 0.3 is 0 Å². The first kappa shape index (κ1) is 27.5. The SMILES string of the molecule is O=C1CC(NS(=O)(=O)c2cc3ccccc3nc2N2CCN(CCCCCO)CC2)CN1Cc1ccccc1. The Bertz CT molecular complexity index is 1380. The van der Waals surface area contributed by atoms with E-state index in [9.17, 15) is 13.2 Å². The van der Waals surface area contributed by atoms with Crippen LogP contribution < -0.4 is 9.62 Å². The van der Waals surface area contributed by atoms with Crippen LogP contribution in [0, 0.1) is 0 Å². The molecular formula is C29H37N5O4S. The van der Waals surface area contributed by atoms with Crippen LogP contribution in [0.5, 0.6) is 0 Å². The summed E-state index contributed by atoms with van der Waals surface area (Å²) >= 11 is 0. The van der Waals surface area contributed by atoms with Crippen molar-refractivity contribution in [2.24, 2.45) is 0 Å². The van der Waals surface area contributed by atoms with Crippen LogP contribution in [0.25, 0.3) is 10.9 Å². The van der Waals surface area contributed by atoms with E-state index in [-0.39, 0.29) is 23.8 Å². The summed E-state index contributed by atoms with van der Waals surface area (Å²) in [5.41, 5.74) is 1.77. The van der Waals surface area contributed by atoms with Gasteiger partial charge in [-0.3, -0.25) is 9.69 Å². The molecule has 2 fully saturated rings. The Labute approximate surface area is 230 Å². The lowest BCUT2D eigenvalue weighted by atomic mass is 10.2. The van der Waals surface area contributed by atoms with Crippen LogP contribution in [0.3, 0.4) is 0 Å². The predicted molar refractivity (Wildman–Crippen MR) is 152 cm³/mol. The van der Waals surface area contributed by atoms with Crippen molar-refractivity contribution in [1.29, 1.82) is 0 Å². The highest BCUT2D eigenvalue weighted by Crippen LogP contribution is 2.29. The molecule has 1 atom stereocenters. The van der Waals surface area contributed by atoms with Gasteiger partial charge in [0.1, 0.15) is 10.7 Å². The number of carbonyl (C=O) groups excluding carboxylic acids is 1. The molecule has 2 saturated heterocycles. The van der Waals surface area contributed by atoms with E-state index in [4.69, 9.17) is 10.1 Å². The normalized spacial score (nSPS) is 18.8. The smallest absolute Gasteiger partial charge is 0.244 e. The standard InChI is InChI=1S/C29H37N5O4S/c35-18-8-2-7-13-32-14-16-33(17-15-32)29-27(19-24-11-5-6-12-26(24)30-29)39(37,38)31-25-20-28(36)34(22-25)21-23-9-3-1-4-10-23/h1,3-6,9-12,19,25,31,35H,2,7-8,13-18,20-22H2. The average molecular weight is 552 g/mol. The van der Waals surface area contributed by atoms with Gasteiger partial charge in [0.15, 0.2) is 0 Å². The van der Waals surface area contributed by atoms with E-state index in [0.29, 0.717) is 32.0 Å². The summed E-state index contributed by atoms with van der Waals surface area (Å²) in [5.74, 6) is 0.408. The summed E-state index contributed by atoms with van der Waals surface area (Å²) in [6, 6.07) is 18.5. The number of rotatable bonds is 11. The number of unbranched alkanes of at least 4 members (excludes halogenated alkanes) is 2. The molecule has 0 radical (unpaired) electrons. The average Bonchev–Trinajstić information content (AvgIpc) is 3.28. The zero-order valence-corrected chi connectivity index (χ0v) is 23.0. The predicted octanol–water partition coefficient (Wildman–Crippen LogP) is 2.60. The second-order valence-corrected chi connectivity index (χ2v) is 12.1. The van der Waals surface area contributed by atoms with Gasteiger partial charge in [-0.15, -0.1) is 0 Å². The van der Waals surface area contributed by atoms with Gasteiger partial charge in [-0.1, -0.05) is 48.5 Å². The maximum atomic E-state index is 13.8. The molecular weight excluding hydrogens is 514 g/mol. The first-order valence-electron chi connectivity index (χ1n) is 13.7. The highest BCUT2D eigenvalue weighted by molar-refractivity contribution is 7.89. The van der Waals surface area contributed by atoms with Gasteiger partial charge in [0.25, 0.3) is 0 Å². The first-order valence-corrected chi connectivity index (χ1v) is 15.2. The first-order chi connectivity index (χ1) is 18.9. The molecule has 0 bridgehead atoms. The number of amides is 1. The molecule has 10 heteroatoms. The molecule has 0 saturated carbocycles. The minimum atomic E-state index is -3.94. The highest BCUT2D eigenvalue weighted by Gasteiger charge is 2.35. The van der Waals surface area contributed by atoms with Crippen LogP contribution in [0.2, 0.25) is 0 Å². The van der Waals surface area contributed by atoms with E-state index in [0.717, 1.165) is 55.4 Å². The Kier molecular flexibility index (Phi) is 8.76. The summed E-state index contributed by atoms with van der Waals surface area (Å²) < 4.78 is 30.4. The van der Waals surface area contributed by atoms with Crippen molar-refractivity contribution in [3.05, 3.63) is 66.2 Å². The number of aromatic nitrogens is 1. The minimum absolute atomic E-state index is 0.0569. The number of aliphatic hydroxyl groups excluding tert-OH is 1. The van der Waals surface area contributed by atoms with Crippen molar-refractivity contribution >= 4 is 32.7 Å². The van der Waals surface area contributed by atoms with E-state index in [1.165, 1.54) is 0 Å². The van der Waals surface area contributed by atoms with E-state index in [1.807, 2.05) is 54.6 Å². The number of hydrogen-bond acceptors (Lipinski definition) is 7. The van der Waals surface area contributed by atoms with Gasteiger partial charge in [0, 0.05) is 63.7 Å². The summed E-state index contributed by atoms with van der Waals surface area (Å²) in [5, 5.41) is 9.77. The molecule has 1 unspecified atom stereocenters. The number of aliphatic hydroxyl groups is 1. The molecule has 1 aromatic heterocycles. The number of fused-ring (bicyclic) bond motifs is 1. The number of nitrogens with zero attached hydrogens (tertiary/aromatic N) is 4. The van der Waals surface area contributed by atoms with Crippen LogP contribution in [-0.4, -0.2) is 86.1 Å². The lowest BCUT2D eigenvalue weighted by molar-refractivity contribution is -0.128. The monoisotopic (exact) mass is 551 g/mol. The lowest BCUT2D eigenvalue weighted by Crippen LogP contribution is -2.47. The highest BCUT2D eigenvalue weighted by atomic mass is 32.2. The topological polar surface area (TPSA) is 106 Å². The van der Waals surface area contributed by atoms with E-state index in [1.54, 1.807) is 11.0 Å². The molecule has 9 nitrogen and oxygen atoms in total. The molecule has 0 spiro atoms. The largest absolute Gasteiger partial charge is 0.396 e. The Morgan fingerprint density at radius 2 is 1.69 bits per heavy atom. The van der Waals surface area contributed by atoms with Crippen LogP contribution in [0.15, 0.2) is 65.6 Å². The Balaban J connectivity index is 1.32. The van der Waals surface area contributed by atoms with Crippen LogP contribution >= 0.6 is 0 Å². The second-order valence-electron chi connectivity index (χ2n) is 10.4. The molecule has 2 aliphatic rings. The summed E-state index contributed by atoms with van der Waals surface area (Å²) in [6.07, 6.45) is 3.01. The molecule has 3 aromatic rings. The number of hydrogen-bond donors (Lipinski definition) is 2. The van der Waals surface area contributed by atoms with E-state index in [2.05, 4.69) is 14.5 Å². The maximum absolute atomic E-state index is 13.8. The van der Waals surface area contributed by atoms with Crippen molar-refractivity contribution in [1.82, 2.24) is 19.5 Å². The van der Waals surface area contributed by atoms with Gasteiger partial charge in [-0.05, 0) is 43.5 Å². The number of carbonyl (C=O) groups is 1. The van der Waals surface area contributed by atoms with Crippen LogP contribution in [-0.2, 0) is 21.4 Å². The quantitative estimate of drug-likeness (QED) is 0.353. The zero-order chi connectivity index (χ0) is 27.2. The van der Waals surface area contributed by atoms with E-state index >= 15 is 0 Å². The number of nitrogens with one attached hydrogen (secondary N) is 1. The molecule has 0 aliphatic carbocycles. The molecule has 2 N–H and O–H groups in total. The Hall–Kier alpha value is -3.05. The second kappa shape index (κ2) is 12.4. The molecule has 2 aliphatic heterocycles. The maximum Gasteiger partial charge on any atom is 0.244 e. The number of pyridine rings is 1. The summed E-state index contributed by atoms with van der Waals surface area (Å²) in [6.45, 7) is 5.01. The lowest BCUT2D eigenvalue weighted by Gasteiger charge is -2.36. The number of likely N-dealkylation sites (tertiary alicyclic amines) is 1. The van der Waals surface area contributed by atoms with Gasteiger partial charge in [-0.2, -0.15) is 0 Å². The fraction of sp³-hybridized carbons (Fsp3) is 0.448. The molecule has 1 amide bonds. The number of piperazine rings is 1. The van der Waals surface area contributed by atoms with Gasteiger partial charge in [-0.25, -0.2) is 18.1 Å². The fourth-order valence-electron chi connectivity index (χ4n) is 5.41. The third-order valence-corrected chi connectivity index (χ3v) is 9.04. The van der Waals surface area contributed by atoms with E-state index < -0.39 is 16.1 Å². The van der Waals surface area contributed by atoms with Crippen molar-refractivity contribution in [3.8, 4) is 0 Å². The number of sulfonamides is 1. The third-order valence-electron chi connectivity index (χ3n) is 7.52. The molecule has 39 heavy (non-hydrogen) atoms. The molecule has 5 rings (SSSR count). The number of benzene rings is 2.